The third-order valence-electron chi connectivity index (χ3n) is 2.22. The summed E-state index contributed by atoms with van der Waals surface area (Å²) in [5.74, 6) is -0.104. The molecule has 100 valence electrons. The summed E-state index contributed by atoms with van der Waals surface area (Å²) in [6, 6.07) is 4.99. The second kappa shape index (κ2) is 7.59. The van der Waals surface area contributed by atoms with Crippen molar-refractivity contribution in [1.29, 1.82) is 0 Å². The molecule has 6 heteroatoms. The summed E-state index contributed by atoms with van der Waals surface area (Å²) in [4.78, 5) is 13.6. The van der Waals surface area contributed by atoms with Gasteiger partial charge in [-0.1, -0.05) is 23.2 Å². The molecule has 0 radical (unpaired) electrons. The second-order valence-electron chi connectivity index (χ2n) is 4.16. The summed E-state index contributed by atoms with van der Waals surface area (Å²) in [5, 5.41) is 6.69. The van der Waals surface area contributed by atoms with Crippen LogP contribution in [0.1, 0.15) is 0 Å². The predicted molar refractivity (Wildman–Crippen MR) is 76.5 cm³/mol. The van der Waals surface area contributed by atoms with Gasteiger partial charge in [0.25, 0.3) is 0 Å². The number of anilines is 1. The van der Waals surface area contributed by atoms with Crippen LogP contribution in [0.15, 0.2) is 18.2 Å². The SMILES string of the molecule is CN(C)CCNCC(=O)Nc1ccc(Cl)c(Cl)c1. The highest BCUT2D eigenvalue weighted by atomic mass is 35.5. The van der Waals surface area contributed by atoms with Crippen molar-refractivity contribution in [3.05, 3.63) is 28.2 Å². The van der Waals surface area contributed by atoms with E-state index in [1.807, 2.05) is 19.0 Å². The lowest BCUT2D eigenvalue weighted by atomic mass is 10.3. The molecule has 1 aromatic rings. The van der Waals surface area contributed by atoms with Gasteiger partial charge in [-0.3, -0.25) is 4.79 Å². The van der Waals surface area contributed by atoms with E-state index >= 15 is 0 Å². The van der Waals surface area contributed by atoms with E-state index in [0.717, 1.165) is 13.1 Å². The summed E-state index contributed by atoms with van der Waals surface area (Å²) in [6.45, 7) is 1.93. The van der Waals surface area contributed by atoms with Gasteiger partial charge < -0.3 is 15.5 Å². The van der Waals surface area contributed by atoms with Crippen molar-refractivity contribution in [2.24, 2.45) is 0 Å². The molecule has 1 amide bonds. The van der Waals surface area contributed by atoms with E-state index in [1.165, 1.54) is 0 Å². The van der Waals surface area contributed by atoms with Crippen LogP contribution in [0.5, 0.6) is 0 Å². The Morgan fingerprint density at radius 3 is 2.61 bits per heavy atom. The number of hydrogen-bond acceptors (Lipinski definition) is 3. The Morgan fingerprint density at radius 2 is 2.00 bits per heavy atom. The van der Waals surface area contributed by atoms with Crippen LogP contribution in [-0.2, 0) is 4.79 Å². The summed E-state index contributed by atoms with van der Waals surface area (Å²) in [7, 11) is 3.97. The Bertz CT molecular complexity index is 410. The van der Waals surface area contributed by atoms with E-state index < -0.39 is 0 Å². The highest BCUT2D eigenvalue weighted by Crippen LogP contribution is 2.24. The smallest absolute Gasteiger partial charge is 0.238 e. The van der Waals surface area contributed by atoms with Gasteiger partial charge in [-0.15, -0.1) is 0 Å². The maximum absolute atomic E-state index is 11.6. The number of amides is 1. The lowest BCUT2D eigenvalue weighted by molar-refractivity contribution is -0.115. The lowest BCUT2D eigenvalue weighted by Crippen LogP contribution is -2.33. The lowest BCUT2D eigenvalue weighted by Gasteiger charge is -2.10. The molecular weight excluding hydrogens is 273 g/mol. The Kier molecular flexibility index (Phi) is 6.43. The average molecular weight is 290 g/mol. The summed E-state index contributed by atoms with van der Waals surface area (Å²) >= 11 is 11.6. The summed E-state index contributed by atoms with van der Waals surface area (Å²) in [5.41, 5.74) is 0.642. The Hall–Kier alpha value is -0.810. The van der Waals surface area contributed by atoms with Crippen molar-refractivity contribution in [2.45, 2.75) is 0 Å². The first-order valence-corrected chi connectivity index (χ1v) is 6.35. The third-order valence-corrected chi connectivity index (χ3v) is 2.96. The summed E-state index contributed by atoms with van der Waals surface area (Å²) in [6.07, 6.45) is 0. The number of carbonyl (C=O) groups is 1. The fraction of sp³-hybridized carbons (Fsp3) is 0.417. The number of benzene rings is 1. The van der Waals surface area contributed by atoms with E-state index in [1.54, 1.807) is 18.2 Å². The van der Waals surface area contributed by atoms with E-state index in [0.29, 0.717) is 15.7 Å². The van der Waals surface area contributed by atoms with Gasteiger partial charge in [-0.25, -0.2) is 0 Å². The van der Waals surface area contributed by atoms with Gasteiger partial charge in [0.2, 0.25) is 5.91 Å². The molecule has 0 saturated carbocycles. The topological polar surface area (TPSA) is 44.4 Å². The molecule has 0 fully saturated rings. The van der Waals surface area contributed by atoms with Crippen LogP contribution < -0.4 is 10.6 Å². The fourth-order valence-corrected chi connectivity index (χ4v) is 1.58. The minimum Gasteiger partial charge on any atom is -0.325 e. The molecule has 0 saturated heterocycles. The molecule has 0 heterocycles. The third kappa shape index (κ3) is 5.69. The first-order valence-electron chi connectivity index (χ1n) is 5.59. The van der Waals surface area contributed by atoms with Crippen LogP contribution in [0, 0.1) is 0 Å². The molecule has 18 heavy (non-hydrogen) atoms. The molecule has 1 aromatic carbocycles. The molecule has 0 atom stereocenters. The van der Waals surface area contributed by atoms with Gasteiger partial charge in [0.15, 0.2) is 0 Å². The van der Waals surface area contributed by atoms with Crippen LogP contribution in [-0.4, -0.2) is 44.5 Å². The van der Waals surface area contributed by atoms with Crippen molar-refractivity contribution in [3.63, 3.8) is 0 Å². The van der Waals surface area contributed by atoms with Crippen LogP contribution >= 0.6 is 23.2 Å². The molecule has 0 unspecified atom stereocenters. The normalized spacial score (nSPS) is 10.7. The van der Waals surface area contributed by atoms with Gasteiger partial charge in [-0.2, -0.15) is 0 Å². The van der Waals surface area contributed by atoms with Gasteiger partial charge in [-0.05, 0) is 32.3 Å². The van der Waals surface area contributed by atoms with Gasteiger partial charge in [0, 0.05) is 18.8 Å². The Labute approximate surface area is 117 Å². The van der Waals surface area contributed by atoms with E-state index in [-0.39, 0.29) is 12.5 Å². The molecule has 0 aliphatic heterocycles. The van der Waals surface area contributed by atoms with E-state index in [9.17, 15) is 4.79 Å². The molecule has 0 spiro atoms. The minimum atomic E-state index is -0.104. The Morgan fingerprint density at radius 1 is 1.28 bits per heavy atom. The van der Waals surface area contributed by atoms with Crippen LogP contribution in [0.4, 0.5) is 5.69 Å². The van der Waals surface area contributed by atoms with E-state index in [4.69, 9.17) is 23.2 Å². The fourth-order valence-electron chi connectivity index (χ4n) is 1.28. The second-order valence-corrected chi connectivity index (χ2v) is 4.97. The average Bonchev–Trinajstić information content (AvgIpc) is 2.29. The molecule has 0 bridgehead atoms. The van der Waals surface area contributed by atoms with Gasteiger partial charge in [0.1, 0.15) is 0 Å². The number of halogens is 2. The first kappa shape index (κ1) is 15.2. The number of likely N-dealkylation sites (N-methyl/N-ethyl adjacent to an activating group) is 1. The number of nitrogens with zero attached hydrogens (tertiary/aromatic N) is 1. The zero-order chi connectivity index (χ0) is 13.5. The number of nitrogens with one attached hydrogen (secondary N) is 2. The standard InChI is InChI=1S/C12H17Cl2N3O/c1-17(2)6-5-15-8-12(18)16-9-3-4-10(13)11(14)7-9/h3-4,7,15H,5-6,8H2,1-2H3,(H,16,18). The molecule has 2 N–H and O–H groups in total. The highest BCUT2D eigenvalue weighted by molar-refractivity contribution is 6.42. The van der Waals surface area contributed by atoms with Gasteiger partial charge in [0.05, 0.1) is 16.6 Å². The first-order chi connectivity index (χ1) is 8.49. The highest BCUT2D eigenvalue weighted by Gasteiger charge is 2.04. The maximum atomic E-state index is 11.6. The van der Waals surface area contributed by atoms with Crippen molar-refractivity contribution < 1.29 is 4.79 Å². The monoisotopic (exact) mass is 289 g/mol. The van der Waals surface area contributed by atoms with Gasteiger partial charge >= 0.3 is 0 Å². The quantitative estimate of drug-likeness (QED) is 0.788. The molecular formula is C12H17Cl2N3O. The van der Waals surface area contributed by atoms with Crippen molar-refractivity contribution in [3.8, 4) is 0 Å². The molecule has 0 aliphatic rings. The van der Waals surface area contributed by atoms with Crippen molar-refractivity contribution in [2.75, 3.05) is 39.0 Å². The molecule has 0 aromatic heterocycles. The zero-order valence-electron chi connectivity index (χ0n) is 10.5. The number of hydrogen-bond donors (Lipinski definition) is 2. The predicted octanol–water partition coefficient (Wildman–Crippen LogP) is 2.08. The number of rotatable bonds is 6. The van der Waals surface area contributed by atoms with Crippen molar-refractivity contribution >= 4 is 34.8 Å². The zero-order valence-corrected chi connectivity index (χ0v) is 12.0. The van der Waals surface area contributed by atoms with Crippen LogP contribution in [0.25, 0.3) is 0 Å². The Balaban J connectivity index is 2.33. The van der Waals surface area contributed by atoms with Crippen LogP contribution in [0.3, 0.4) is 0 Å². The number of carbonyl (C=O) groups excluding carboxylic acids is 1. The van der Waals surface area contributed by atoms with Crippen molar-refractivity contribution in [1.82, 2.24) is 10.2 Å². The molecule has 0 aliphatic carbocycles. The molecule has 4 nitrogen and oxygen atoms in total. The van der Waals surface area contributed by atoms with E-state index in [2.05, 4.69) is 10.6 Å². The minimum absolute atomic E-state index is 0.104. The maximum Gasteiger partial charge on any atom is 0.238 e. The summed E-state index contributed by atoms with van der Waals surface area (Å²) < 4.78 is 0. The largest absolute Gasteiger partial charge is 0.325 e. The van der Waals surface area contributed by atoms with Crippen LogP contribution in [0.2, 0.25) is 10.0 Å². The molecule has 1 rings (SSSR count).